The van der Waals surface area contributed by atoms with Gasteiger partial charge in [0, 0.05) is 18.4 Å². The fourth-order valence-electron chi connectivity index (χ4n) is 2.88. The molecule has 0 radical (unpaired) electrons. The van der Waals surface area contributed by atoms with Crippen molar-refractivity contribution >= 4 is 28.5 Å². The number of nitrogens with one attached hydrogen (secondary N) is 3. The molecule has 28 heavy (non-hydrogen) atoms. The maximum Gasteiger partial charge on any atom is 0.224 e. The summed E-state index contributed by atoms with van der Waals surface area (Å²) in [6, 6.07) is 14.3. The molecular weight excluding hydrogens is 355 g/mol. The van der Waals surface area contributed by atoms with Crippen LogP contribution in [0.3, 0.4) is 0 Å². The predicted octanol–water partition coefficient (Wildman–Crippen LogP) is 5.11. The fourth-order valence-corrected chi connectivity index (χ4v) is 2.88. The van der Waals surface area contributed by atoms with Crippen molar-refractivity contribution in [3.63, 3.8) is 0 Å². The number of fused-ring (bicyclic) bond motifs is 1. The van der Waals surface area contributed by atoms with Gasteiger partial charge in [0.1, 0.15) is 17.5 Å². The number of hydrogen-bond acceptors (Lipinski definition) is 5. The third-order valence-corrected chi connectivity index (χ3v) is 4.34. The van der Waals surface area contributed by atoms with E-state index in [-0.39, 0.29) is 5.82 Å². The molecule has 7 heteroatoms. The maximum atomic E-state index is 13.5. The zero-order valence-corrected chi connectivity index (χ0v) is 15.5. The van der Waals surface area contributed by atoms with Gasteiger partial charge in [-0.25, -0.2) is 14.4 Å². The van der Waals surface area contributed by atoms with Crippen molar-refractivity contribution in [1.82, 2.24) is 19.9 Å². The Morgan fingerprint density at radius 1 is 1.07 bits per heavy atom. The van der Waals surface area contributed by atoms with Crippen LogP contribution >= 0.6 is 0 Å². The molecule has 0 spiro atoms. The average molecular weight is 376 g/mol. The summed E-state index contributed by atoms with van der Waals surface area (Å²) in [5.41, 5.74) is 2.93. The summed E-state index contributed by atoms with van der Waals surface area (Å²) in [7, 11) is 0. The van der Waals surface area contributed by atoms with Gasteiger partial charge in [0.25, 0.3) is 0 Å². The second-order valence-corrected chi connectivity index (χ2v) is 6.47. The van der Waals surface area contributed by atoms with Gasteiger partial charge < -0.3 is 15.6 Å². The van der Waals surface area contributed by atoms with E-state index < -0.39 is 0 Å². The number of hydrogen-bond donors (Lipinski definition) is 3. The summed E-state index contributed by atoms with van der Waals surface area (Å²) in [5.74, 6) is 1.45. The number of aromatic nitrogens is 4. The molecule has 0 atom stereocenters. The molecule has 0 fully saturated rings. The van der Waals surface area contributed by atoms with E-state index in [4.69, 9.17) is 0 Å². The minimum Gasteiger partial charge on any atom is -0.354 e. The Labute approximate surface area is 162 Å². The van der Waals surface area contributed by atoms with E-state index in [1.807, 2.05) is 30.3 Å². The van der Waals surface area contributed by atoms with E-state index in [1.54, 1.807) is 12.3 Å². The first-order valence-corrected chi connectivity index (χ1v) is 9.31. The summed E-state index contributed by atoms with van der Waals surface area (Å²) in [6.45, 7) is 2.95. The number of aromatic amines is 1. The number of benzene rings is 2. The van der Waals surface area contributed by atoms with Crippen molar-refractivity contribution < 1.29 is 4.39 Å². The maximum absolute atomic E-state index is 13.5. The largest absolute Gasteiger partial charge is 0.354 e. The van der Waals surface area contributed by atoms with E-state index in [0.29, 0.717) is 34.2 Å². The Hall–Kier alpha value is -3.48. The zero-order chi connectivity index (χ0) is 19.3. The molecule has 0 aliphatic heterocycles. The van der Waals surface area contributed by atoms with Gasteiger partial charge in [-0.3, -0.25) is 0 Å². The summed E-state index contributed by atoms with van der Waals surface area (Å²) in [4.78, 5) is 16.8. The lowest BCUT2D eigenvalue weighted by Crippen LogP contribution is -2.07. The minimum absolute atomic E-state index is 0.308. The molecule has 2 aromatic carbocycles. The number of halogens is 1. The molecule has 142 valence electrons. The first kappa shape index (κ1) is 17.9. The van der Waals surface area contributed by atoms with Gasteiger partial charge in [-0.05, 0) is 36.8 Å². The van der Waals surface area contributed by atoms with Crippen LogP contribution in [-0.4, -0.2) is 26.5 Å². The first-order valence-electron chi connectivity index (χ1n) is 9.31. The molecule has 0 bridgehead atoms. The Morgan fingerprint density at radius 3 is 2.75 bits per heavy atom. The molecule has 0 saturated heterocycles. The number of unbranched alkanes of at least 4 members (excludes halogenated alkanes) is 1. The van der Waals surface area contributed by atoms with Crippen LogP contribution in [0.4, 0.5) is 21.8 Å². The van der Waals surface area contributed by atoms with Gasteiger partial charge in [-0.15, -0.1) is 0 Å². The van der Waals surface area contributed by atoms with Crippen LogP contribution in [0.5, 0.6) is 0 Å². The molecular formula is C21H21FN6. The molecule has 0 amide bonds. The van der Waals surface area contributed by atoms with E-state index in [1.165, 1.54) is 12.1 Å². The van der Waals surface area contributed by atoms with Gasteiger partial charge in [-0.2, -0.15) is 4.98 Å². The summed E-state index contributed by atoms with van der Waals surface area (Å²) in [6.07, 6.45) is 3.86. The molecule has 4 rings (SSSR count). The number of nitrogens with zero attached hydrogens (tertiary/aromatic N) is 3. The number of para-hydroxylation sites is 1. The van der Waals surface area contributed by atoms with Crippen LogP contribution in [0.25, 0.3) is 22.4 Å². The fraction of sp³-hybridized carbons (Fsp3) is 0.190. The first-order chi connectivity index (χ1) is 13.7. The number of anilines is 3. The number of imidazole rings is 1. The monoisotopic (exact) mass is 376 g/mol. The third-order valence-electron chi connectivity index (χ3n) is 4.34. The van der Waals surface area contributed by atoms with Crippen LogP contribution in [0.15, 0.2) is 54.7 Å². The standard InChI is InChI=1S/C21H21FN6/c1-2-3-11-23-21-24-13-16(19(28-21)25-15-7-5-4-6-8-15)20-26-17-10-9-14(22)12-18(17)27-20/h4-10,12-13H,2-3,11H2,1H3,(H,26,27)(H2,23,24,25,28). The lowest BCUT2D eigenvalue weighted by Gasteiger charge is -2.12. The average Bonchev–Trinajstić information content (AvgIpc) is 3.12. The van der Waals surface area contributed by atoms with Gasteiger partial charge in [0.05, 0.1) is 16.6 Å². The Morgan fingerprint density at radius 2 is 1.93 bits per heavy atom. The molecule has 0 aliphatic carbocycles. The van der Waals surface area contributed by atoms with E-state index in [0.717, 1.165) is 25.1 Å². The predicted molar refractivity (Wildman–Crippen MR) is 110 cm³/mol. The highest BCUT2D eigenvalue weighted by molar-refractivity contribution is 5.83. The van der Waals surface area contributed by atoms with Crippen molar-refractivity contribution in [3.05, 3.63) is 60.5 Å². The lowest BCUT2D eigenvalue weighted by molar-refractivity contribution is 0.629. The van der Waals surface area contributed by atoms with E-state index in [9.17, 15) is 4.39 Å². The van der Waals surface area contributed by atoms with Gasteiger partial charge >= 0.3 is 0 Å². The van der Waals surface area contributed by atoms with Crippen LogP contribution in [-0.2, 0) is 0 Å². The molecule has 2 aromatic heterocycles. The van der Waals surface area contributed by atoms with Crippen molar-refractivity contribution in [2.45, 2.75) is 19.8 Å². The highest BCUT2D eigenvalue weighted by atomic mass is 19.1. The third kappa shape index (κ3) is 3.93. The van der Waals surface area contributed by atoms with Crippen LogP contribution in [0.1, 0.15) is 19.8 Å². The molecule has 3 N–H and O–H groups in total. The van der Waals surface area contributed by atoms with E-state index >= 15 is 0 Å². The molecule has 6 nitrogen and oxygen atoms in total. The zero-order valence-electron chi connectivity index (χ0n) is 15.5. The summed E-state index contributed by atoms with van der Waals surface area (Å²) < 4.78 is 13.5. The molecule has 0 saturated carbocycles. The summed E-state index contributed by atoms with van der Waals surface area (Å²) in [5, 5.41) is 6.57. The van der Waals surface area contributed by atoms with Crippen LogP contribution in [0, 0.1) is 5.82 Å². The molecule has 2 heterocycles. The highest BCUT2D eigenvalue weighted by Gasteiger charge is 2.14. The smallest absolute Gasteiger partial charge is 0.224 e. The second-order valence-electron chi connectivity index (χ2n) is 6.47. The van der Waals surface area contributed by atoms with Crippen molar-refractivity contribution in [2.75, 3.05) is 17.2 Å². The van der Waals surface area contributed by atoms with Crippen molar-refractivity contribution in [3.8, 4) is 11.4 Å². The summed E-state index contributed by atoms with van der Waals surface area (Å²) >= 11 is 0. The lowest BCUT2D eigenvalue weighted by atomic mass is 10.2. The quantitative estimate of drug-likeness (QED) is 0.390. The van der Waals surface area contributed by atoms with Crippen LogP contribution < -0.4 is 10.6 Å². The topological polar surface area (TPSA) is 78.5 Å². The molecule has 0 unspecified atom stereocenters. The Bertz CT molecular complexity index is 1080. The van der Waals surface area contributed by atoms with Crippen LogP contribution in [0.2, 0.25) is 0 Å². The molecule has 0 aliphatic rings. The normalized spacial score (nSPS) is 10.9. The Balaban J connectivity index is 1.73. The molecule has 4 aromatic rings. The van der Waals surface area contributed by atoms with Crippen molar-refractivity contribution in [1.29, 1.82) is 0 Å². The van der Waals surface area contributed by atoms with Gasteiger partial charge in [-0.1, -0.05) is 31.5 Å². The minimum atomic E-state index is -0.308. The second kappa shape index (κ2) is 8.04. The Kier molecular flexibility index (Phi) is 5.14. The van der Waals surface area contributed by atoms with E-state index in [2.05, 4.69) is 37.5 Å². The van der Waals surface area contributed by atoms with Crippen molar-refractivity contribution in [2.24, 2.45) is 0 Å². The number of rotatable bonds is 7. The SMILES string of the molecule is CCCCNc1ncc(-c2nc3ccc(F)cc3[nH]2)c(Nc2ccccc2)n1. The van der Waals surface area contributed by atoms with Gasteiger partial charge in [0.15, 0.2) is 0 Å². The highest BCUT2D eigenvalue weighted by Crippen LogP contribution is 2.29. The van der Waals surface area contributed by atoms with Gasteiger partial charge in [0.2, 0.25) is 5.95 Å². The number of H-pyrrole nitrogens is 1.